The maximum Gasteiger partial charge on any atom is 0.309 e. The molecule has 23 heavy (non-hydrogen) atoms. The fraction of sp³-hybridized carbons (Fsp3) is 0.267. The van der Waals surface area contributed by atoms with Crippen LogP contribution in [0.4, 0.5) is 0 Å². The average Bonchev–Trinajstić information content (AvgIpc) is 3.00. The molecule has 0 radical (unpaired) electrons. The van der Waals surface area contributed by atoms with Crippen LogP contribution in [-0.4, -0.2) is 54.1 Å². The van der Waals surface area contributed by atoms with Gasteiger partial charge in [0.1, 0.15) is 5.69 Å². The Labute approximate surface area is 132 Å². The summed E-state index contributed by atoms with van der Waals surface area (Å²) >= 11 is 0. The second-order valence-corrected chi connectivity index (χ2v) is 4.76. The molecular formula is C15H18N4O4. The Morgan fingerprint density at radius 3 is 2.30 bits per heavy atom. The summed E-state index contributed by atoms with van der Waals surface area (Å²) in [7, 11) is 0. The zero-order valence-corrected chi connectivity index (χ0v) is 12.4. The first-order chi connectivity index (χ1) is 11.1. The van der Waals surface area contributed by atoms with Gasteiger partial charge in [0.25, 0.3) is 5.91 Å². The molecule has 8 heteroatoms. The fourth-order valence-electron chi connectivity index (χ4n) is 1.97. The second kappa shape index (κ2) is 7.95. The molecule has 0 aliphatic heterocycles. The van der Waals surface area contributed by atoms with E-state index in [9.17, 15) is 14.4 Å². The first-order valence-electron chi connectivity index (χ1n) is 7.14. The Balaban J connectivity index is 1.74. The summed E-state index contributed by atoms with van der Waals surface area (Å²) in [6.07, 6.45) is 0. The number of benzene rings is 1. The Kier molecular flexibility index (Phi) is 5.70. The van der Waals surface area contributed by atoms with Gasteiger partial charge in [-0.15, -0.1) is 0 Å². The summed E-state index contributed by atoms with van der Waals surface area (Å²) in [5.41, 5.74) is 1.30. The molecule has 0 fully saturated rings. The van der Waals surface area contributed by atoms with E-state index in [-0.39, 0.29) is 32.1 Å². The van der Waals surface area contributed by atoms with Crippen LogP contribution in [0.1, 0.15) is 10.5 Å². The number of aliphatic hydroxyl groups excluding tert-OH is 1. The topological polar surface area (TPSA) is 123 Å². The molecule has 2 aromatic rings. The molecule has 0 unspecified atom stereocenters. The fourth-order valence-corrected chi connectivity index (χ4v) is 1.97. The van der Waals surface area contributed by atoms with Crippen molar-refractivity contribution < 1.29 is 19.5 Å². The monoisotopic (exact) mass is 318 g/mol. The van der Waals surface area contributed by atoms with E-state index in [1.807, 2.05) is 24.3 Å². The molecule has 2 rings (SSSR count). The number of para-hydroxylation sites is 1. The highest BCUT2D eigenvalue weighted by Crippen LogP contribution is 2.14. The zero-order chi connectivity index (χ0) is 16.7. The van der Waals surface area contributed by atoms with Gasteiger partial charge in [0.2, 0.25) is 0 Å². The van der Waals surface area contributed by atoms with Crippen LogP contribution in [0, 0.1) is 0 Å². The van der Waals surface area contributed by atoms with Crippen molar-refractivity contribution >= 4 is 28.6 Å². The van der Waals surface area contributed by atoms with E-state index in [0.717, 1.165) is 10.9 Å². The lowest BCUT2D eigenvalue weighted by Gasteiger charge is -2.06. The van der Waals surface area contributed by atoms with Gasteiger partial charge in [-0.3, -0.25) is 14.4 Å². The Hall–Kier alpha value is -2.87. The third kappa shape index (κ3) is 4.55. The minimum atomic E-state index is -0.819. The summed E-state index contributed by atoms with van der Waals surface area (Å²) in [5.74, 6) is -1.92. The summed E-state index contributed by atoms with van der Waals surface area (Å²) in [6.45, 7) is 0.0908. The predicted molar refractivity (Wildman–Crippen MR) is 83.7 cm³/mol. The minimum Gasteiger partial charge on any atom is -0.395 e. The number of amides is 3. The number of aliphatic hydroxyl groups is 1. The lowest BCUT2D eigenvalue weighted by Crippen LogP contribution is -2.43. The maximum atomic E-state index is 12.0. The number of hydrogen-bond donors (Lipinski definition) is 5. The van der Waals surface area contributed by atoms with Gasteiger partial charge in [0.15, 0.2) is 0 Å². The Bertz CT molecular complexity index is 677. The summed E-state index contributed by atoms with van der Waals surface area (Å²) in [6, 6.07) is 9.27. The van der Waals surface area contributed by atoms with Crippen molar-refractivity contribution in [3.63, 3.8) is 0 Å². The van der Waals surface area contributed by atoms with Crippen LogP contribution in [0.15, 0.2) is 30.3 Å². The van der Waals surface area contributed by atoms with Gasteiger partial charge in [-0.2, -0.15) is 0 Å². The highest BCUT2D eigenvalue weighted by atomic mass is 16.3. The second-order valence-electron chi connectivity index (χ2n) is 4.76. The average molecular weight is 318 g/mol. The van der Waals surface area contributed by atoms with Crippen LogP contribution in [0.3, 0.4) is 0 Å². The quantitative estimate of drug-likeness (QED) is 0.350. The van der Waals surface area contributed by atoms with Crippen LogP contribution < -0.4 is 16.0 Å². The molecule has 1 heterocycles. The number of aromatic nitrogens is 1. The molecule has 0 atom stereocenters. The maximum absolute atomic E-state index is 12.0. The molecule has 5 N–H and O–H groups in total. The van der Waals surface area contributed by atoms with Crippen molar-refractivity contribution in [2.24, 2.45) is 0 Å². The van der Waals surface area contributed by atoms with Crippen molar-refractivity contribution in [2.75, 3.05) is 26.2 Å². The van der Waals surface area contributed by atoms with Gasteiger partial charge in [-0.25, -0.2) is 0 Å². The van der Waals surface area contributed by atoms with Crippen molar-refractivity contribution in [1.29, 1.82) is 0 Å². The Morgan fingerprint density at radius 1 is 0.957 bits per heavy atom. The molecule has 3 amide bonds. The standard InChI is InChI=1S/C15H18N4O4/c20-8-7-18-15(23)14(22)17-6-5-16-13(21)12-9-10-3-1-2-4-11(10)19-12/h1-4,9,19-20H,5-8H2,(H,16,21)(H,17,22)(H,18,23). The summed E-state index contributed by atoms with van der Waals surface area (Å²) in [4.78, 5) is 37.6. The van der Waals surface area contributed by atoms with Gasteiger partial charge in [-0.05, 0) is 12.1 Å². The van der Waals surface area contributed by atoms with Gasteiger partial charge < -0.3 is 26.0 Å². The van der Waals surface area contributed by atoms with Crippen LogP contribution in [0.25, 0.3) is 10.9 Å². The summed E-state index contributed by atoms with van der Waals surface area (Å²) in [5, 5.41) is 16.7. The third-order valence-electron chi connectivity index (χ3n) is 3.07. The van der Waals surface area contributed by atoms with Gasteiger partial charge in [-0.1, -0.05) is 18.2 Å². The molecule has 0 saturated carbocycles. The number of aromatic amines is 1. The molecular weight excluding hydrogens is 300 g/mol. The molecule has 0 saturated heterocycles. The van der Waals surface area contributed by atoms with Crippen LogP contribution >= 0.6 is 0 Å². The first kappa shape index (κ1) is 16.5. The molecule has 1 aromatic heterocycles. The van der Waals surface area contributed by atoms with Crippen molar-refractivity contribution in [3.05, 3.63) is 36.0 Å². The largest absolute Gasteiger partial charge is 0.395 e. The number of carbonyl (C=O) groups is 3. The SMILES string of the molecule is O=C(NCCO)C(=O)NCCNC(=O)c1cc2ccccc2[nH]1. The number of H-pyrrole nitrogens is 1. The molecule has 0 aliphatic rings. The molecule has 0 aliphatic carbocycles. The molecule has 1 aromatic carbocycles. The number of nitrogens with one attached hydrogen (secondary N) is 4. The van der Waals surface area contributed by atoms with Crippen LogP contribution in [0.2, 0.25) is 0 Å². The van der Waals surface area contributed by atoms with Gasteiger partial charge in [0, 0.05) is 30.5 Å². The van der Waals surface area contributed by atoms with Crippen LogP contribution in [-0.2, 0) is 9.59 Å². The number of hydrogen-bond acceptors (Lipinski definition) is 4. The predicted octanol–water partition coefficient (Wildman–Crippen LogP) is -0.878. The lowest BCUT2D eigenvalue weighted by molar-refractivity contribution is -0.139. The van der Waals surface area contributed by atoms with Crippen molar-refractivity contribution in [2.45, 2.75) is 0 Å². The highest BCUT2D eigenvalue weighted by molar-refractivity contribution is 6.35. The van der Waals surface area contributed by atoms with Crippen LogP contribution in [0.5, 0.6) is 0 Å². The lowest BCUT2D eigenvalue weighted by atomic mass is 10.2. The van der Waals surface area contributed by atoms with Gasteiger partial charge >= 0.3 is 11.8 Å². The molecule has 0 bridgehead atoms. The number of fused-ring (bicyclic) bond motifs is 1. The molecule has 8 nitrogen and oxygen atoms in total. The highest BCUT2D eigenvalue weighted by Gasteiger charge is 2.12. The number of rotatable bonds is 6. The van der Waals surface area contributed by atoms with E-state index in [2.05, 4.69) is 20.9 Å². The normalized spacial score (nSPS) is 10.3. The van der Waals surface area contributed by atoms with E-state index in [4.69, 9.17) is 5.11 Å². The zero-order valence-electron chi connectivity index (χ0n) is 12.4. The van der Waals surface area contributed by atoms with Crippen molar-refractivity contribution in [3.8, 4) is 0 Å². The van der Waals surface area contributed by atoms with E-state index in [1.54, 1.807) is 6.07 Å². The Morgan fingerprint density at radius 2 is 1.61 bits per heavy atom. The third-order valence-corrected chi connectivity index (χ3v) is 3.07. The van der Waals surface area contributed by atoms with E-state index >= 15 is 0 Å². The summed E-state index contributed by atoms with van der Waals surface area (Å²) < 4.78 is 0. The van der Waals surface area contributed by atoms with Crippen molar-refractivity contribution in [1.82, 2.24) is 20.9 Å². The van der Waals surface area contributed by atoms with E-state index < -0.39 is 11.8 Å². The number of carbonyl (C=O) groups excluding carboxylic acids is 3. The van der Waals surface area contributed by atoms with E-state index in [0.29, 0.717) is 5.69 Å². The van der Waals surface area contributed by atoms with Gasteiger partial charge in [0.05, 0.1) is 6.61 Å². The minimum absolute atomic E-state index is 0.0172. The first-order valence-corrected chi connectivity index (χ1v) is 7.14. The molecule has 0 spiro atoms. The smallest absolute Gasteiger partial charge is 0.309 e. The van der Waals surface area contributed by atoms with E-state index in [1.165, 1.54) is 0 Å². The molecule has 122 valence electrons.